The summed E-state index contributed by atoms with van der Waals surface area (Å²) in [4.78, 5) is 0. The molecule has 4 N–H and O–H groups in total. The van der Waals surface area contributed by atoms with Crippen LogP contribution in [-0.4, -0.2) is 0 Å². The minimum absolute atomic E-state index is 0.332. The third-order valence-electron chi connectivity index (χ3n) is 2.16. The number of nitrogen functional groups attached to an aromatic ring is 2. The van der Waals surface area contributed by atoms with Gasteiger partial charge in [0.1, 0.15) is 5.82 Å². The van der Waals surface area contributed by atoms with Gasteiger partial charge in [-0.2, -0.15) is 0 Å². The summed E-state index contributed by atoms with van der Waals surface area (Å²) >= 11 is 0. The molecule has 15 heavy (non-hydrogen) atoms. The van der Waals surface area contributed by atoms with Crippen LogP contribution in [0.3, 0.4) is 0 Å². The van der Waals surface area contributed by atoms with Crippen LogP contribution in [0.4, 0.5) is 15.8 Å². The van der Waals surface area contributed by atoms with E-state index in [0.29, 0.717) is 11.4 Å². The average molecular weight is 202 g/mol. The Hall–Kier alpha value is -2.03. The number of anilines is 2. The Morgan fingerprint density at radius 2 is 1.40 bits per heavy atom. The minimum atomic E-state index is -0.332. The van der Waals surface area contributed by atoms with Gasteiger partial charge in [0.15, 0.2) is 0 Å². The fourth-order valence-electron chi connectivity index (χ4n) is 1.45. The van der Waals surface area contributed by atoms with Crippen molar-refractivity contribution in [3.05, 3.63) is 48.3 Å². The molecule has 0 fully saturated rings. The van der Waals surface area contributed by atoms with Gasteiger partial charge in [-0.25, -0.2) is 4.39 Å². The maximum absolute atomic E-state index is 13.1. The van der Waals surface area contributed by atoms with Gasteiger partial charge < -0.3 is 11.5 Å². The second-order valence-electron chi connectivity index (χ2n) is 3.40. The average Bonchev–Trinajstić information content (AvgIpc) is 2.17. The summed E-state index contributed by atoms with van der Waals surface area (Å²) < 4.78 is 13.1. The Kier molecular flexibility index (Phi) is 2.29. The molecule has 0 heterocycles. The Labute approximate surface area is 87.3 Å². The van der Waals surface area contributed by atoms with Gasteiger partial charge >= 0.3 is 0 Å². The van der Waals surface area contributed by atoms with E-state index in [1.54, 1.807) is 18.2 Å². The van der Waals surface area contributed by atoms with E-state index in [1.807, 2.05) is 12.1 Å². The summed E-state index contributed by atoms with van der Waals surface area (Å²) in [5, 5.41) is 0. The lowest BCUT2D eigenvalue weighted by molar-refractivity contribution is 0.629. The van der Waals surface area contributed by atoms with E-state index >= 15 is 0 Å². The molecular weight excluding hydrogens is 191 g/mol. The maximum Gasteiger partial charge on any atom is 0.125 e. The number of benzene rings is 2. The lowest BCUT2D eigenvalue weighted by Crippen LogP contribution is -1.89. The molecule has 0 aliphatic heterocycles. The maximum atomic E-state index is 13.1. The van der Waals surface area contributed by atoms with Crippen LogP contribution in [0.5, 0.6) is 0 Å². The number of hydrogen-bond donors (Lipinski definition) is 2. The quantitative estimate of drug-likeness (QED) is 0.698. The summed E-state index contributed by atoms with van der Waals surface area (Å²) in [6.45, 7) is 0. The number of nitrogens with two attached hydrogens (primary N) is 2. The van der Waals surface area contributed by atoms with E-state index in [4.69, 9.17) is 11.5 Å². The molecule has 76 valence electrons. The zero-order valence-electron chi connectivity index (χ0n) is 8.07. The van der Waals surface area contributed by atoms with Crippen molar-refractivity contribution in [1.82, 2.24) is 0 Å². The van der Waals surface area contributed by atoms with Gasteiger partial charge in [0.05, 0.1) is 0 Å². The predicted octanol–water partition coefficient (Wildman–Crippen LogP) is 2.66. The molecule has 0 radical (unpaired) electrons. The van der Waals surface area contributed by atoms with Crippen molar-refractivity contribution in [1.29, 1.82) is 0 Å². The fourth-order valence-corrected chi connectivity index (χ4v) is 1.45. The third-order valence-corrected chi connectivity index (χ3v) is 2.16. The van der Waals surface area contributed by atoms with Crippen molar-refractivity contribution < 1.29 is 4.39 Å². The number of hydrogen-bond acceptors (Lipinski definition) is 2. The molecule has 0 saturated heterocycles. The highest BCUT2D eigenvalue weighted by atomic mass is 19.1. The zero-order chi connectivity index (χ0) is 10.8. The molecule has 0 aliphatic carbocycles. The van der Waals surface area contributed by atoms with E-state index in [2.05, 4.69) is 0 Å². The molecule has 0 amide bonds. The summed E-state index contributed by atoms with van der Waals surface area (Å²) in [6, 6.07) is 11.7. The number of rotatable bonds is 1. The first-order valence-electron chi connectivity index (χ1n) is 4.57. The minimum Gasteiger partial charge on any atom is -0.399 e. The number of halogens is 1. The fraction of sp³-hybridized carbons (Fsp3) is 0. The third kappa shape index (κ3) is 2.07. The van der Waals surface area contributed by atoms with Gasteiger partial charge in [0.2, 0.25) is 0 Å². The van der Waals surface area contributed by atoms with Crippen molar-refractivity contribution in [2.24, 2.45) is 0 Å². The molecule has 0 aliphatic rings. The van der Waals surface area contributed by atoms with Gasteiger partial charge in [-0.3, -0.25) is 0 Å². The predicted molar refractivity (Wildman–Crippen MR) is 60.7 cm³/mol. The molecule has 0 aromatic heterocycles. The smallest absolute Gasteiger partial charge is 0.125 e. The van der Waals surface area contributed by atoms with Gasteiger partial charge in [-0.05, 0) is 41.5 Å². The monoisotopic (exact) mass is 202 g/mol. The molecule has 2 aromatic rings. The van der Waals surface area contributed by atoms with Crippen LogP contribution in [-0.2, 0) is 0 Å². The van der Waals surface area contributed by atoms with E-state index in [1.165, 1.54) is 12.1 Å². The highest BCUT2D eigenvalue weighted by Gasteiger charge is 2.01. The van der Waals surface area contributed by atoms with Crippen molar-refractivity contribution in [2.45, 2.75) is 0 Å². The Morgan fingerprint density at radius 1 is 0.733 bits per heavy atom. The van der Waals surface area contributed by atoms with E-state index in [0.717, 1.165) is 11.1 Å². The highest BCUT2D eigenvalue weighted by molar-refractivity contribution is 5.68. The molecule has 3 heteroatoms. The van der Waals surface area contributed by atoms with Gasteiger partial charge in [0, 0.05) is 11.4 Å². The largest absolute Gasteiger partial charge is 0.399 e. The van der Waals surface area contributed by atoms with Crippen molar-refractivity contribution in [3.8, 4) is 11.1 Å². The molecule has 0 saturated carbocycles. The van der Waals surface area contributed by atoms with E-state index < -0.39 is 0 Å². The molecule has 2 nitrogen and oxygen atoms in total. The molecule has 0 bridgehead atoms. The van der Waals surface area contributed by atoms with Gasteiger partial charge in [0.25, 0.3) is 0 Å². The summed E-state index contributed by atoms with van der Waals surface area (Å²) in [6.07, 6.45) is 0. The first-order valence-corrected chi connectivity index (χ1v) is 4.57. The Morgan fingerprint density at radius 3 is 2.00 bits per heavy atom. The van der Waals surface area contributed by atoms with Crippen molar-refractivity contribution in [3.63, 3.8) is 0 Å². The van der Waals surface area contributed by atoms with E-state index in [9.17, 15) is 4.39 Å². The first kappa shape index (κ1) is 9.52. The van der Waals surface area contributed by atoms with E-state index in [-0.39, 0.29) is 5.82 Å². The second kappa shape index (κ2) is 3.61. The molecule has 2 rings (SSSR count). The van der Waals surface area contributed by atoms with Crippen LogP contribution in [0.15, 0.2) is 42.5 Å². The van der Waals surface area contributed by atoms with Crippen LogP contribution in [0.25, 0.3) is 11.1 Å². The van der Waals surface area contributed by atoms with Gasteiger partial charge in [-0.15, -0.1) is 0 Å². The SMILES string of the molecule is Nc1ccc(-c2cc(N)cc(F)c2)cc1. The topological polar surface area (TPSA) is 52.0 Å². The normalized spacial score (nSPS) is 10.2. The Bertz CT molecular complexity index is 457. The Balaban J connectivity index is 2.49. The second-order valence-corrected chi connectivity index (χ2v) is 3.40. The van der Waals surface area contributed by atoms with Crippen molar-refractivity contribution >= 4 is 11.4 Å². The van der Waals surface area contributed by atoms with Crippen molar-refractivity contribution in [2.75, 3.05) is 11.5 Å². The standard InChI is InChI=1S/C12H11FN2/c13-10-5-9(6-12(15)7-10)8-1-3-11(14)4-2-8/h1-7H,14-15H2. The van der Waals surface area contributed by atoms with Crippen LogP contribution < -0.4 is 11.5 Å². The highest BCUT2D eigenvalue weighted by Crippen LogP contribution is 2.23. The zero-order valence-corrected chi connectivity index (χ0v) is 8.07. The summed E-state index contributed by atoms with van der Waals surface area (Å²) in [5.41, 5.74) is 13.9. The molecule has 0 spiro atoms. The molecular formula is C12H11FN2. The molecule has 2 aromatic carbocycles. The summed E-state index contributed by atoms with van der Waals surface area (Å²) in [7, 11) is 0. The van der Waals surface area contributed by atoms with Crippen LogP contribution >= 0.6 is 0 Å². The lowest BCUT2D eigenvalue weighted by Gasteiger charge is -2.04. The lowest BCUT2D eigenvalue weighted by atomic mass is 10.0. The van der Waals surface area contributed by atoms with Crippen LogP contribution in [0, 0.1) is 5.82 Å². The van der Waals surface area contributed by atoms with Gasteiger partial charge in [-0.1, -0.05) is 12.1 Å². The first-order chi connectivity index (χ1) is 7.15. The molecule has 0 atom stereocenters. The van der Waals surface area contributed by atoms with Crippen LogP contribution in [0.2, 0.25) is 0 Å². The summed E-state index contributed by atoms with van der Waals surface area (Å²) in [5.74, 6) is -0.332. The molecule has 0 unspecified atom stereocenters. The van der Waals surface area contributed by atoms with Crippen LogP contribution in [0.1, 0.15) is 0 Å².